The zero-order chi connectivity index (χ0) is 39.7. The first kappa shape index (κ1) is 40.5. The van der Waals surface area contributed by atoms with E-state index in [4.69, 9.17) is 17.2 Å². The maximum atomic E-state index is 12.7. The summed E-state index contributed by atoms with van der Waals surface area (Å²) in [6, 6.07) is 21.9. The summed E-state index contributed by atoms with van der Waals surface area (Å²) in [6.07, 6.45) is 5.91. The van der Waals surface area contributed by atoms with Gasteiger partial charge in [-0.05, 0) is 0 Å². The average Bonchev–Trinajstić information content (AvgIpc) is 3.70. The zero-order valence-electron chi connectivity index (χ0n) is 33.9. The molecule has 0 heterocycles. The number of allylic oxidation sites excluding steroid dienone is 2. The fraction of sp³-hybridized carbons (Fsp3) is 0.348. The third-order valence-corrected chi connectivity index (χ3v) is 40.5. The molecular weight excluding hydrogens is 873 g/mol. The van der Waals surface area contributed by atoms with Crippen molar-refractivity contribution in [3.8, 4) is 22.3 Å². The van der Waals surface area contributed by atoms with Crippen LogP contribution in [0, 0.1) is 52.4 Å². The van der Waals surface area contributed by atoms with E-state index in [-0.39, 0.29) is 10.8 Å². The molecule has 54 heavy (non-hydrogen) atoms. The van der Waals surface area contributed by atoms with Gasteiger partial charge < -0.3 is 0 Å². The van der Waals surface area contributed by atoms with Gasteiger partial charge in [0.15, 0.2) is 0 Å². The normalized spacial score (nSPS) is 17.5. The standard InChI is InChI=1S/2C22H25.C2H3BN2O2.2ClH.Hf/c2*1-14-10-15(2)16(3)20(11-14)19-9-7-8-17-12-18(13-21(17)19)22(4,5)6;6-1-4-3-5-2-7;;;/h2*7-13H,1-6H3;1-2H,(H-,4,5,6,7);2*1H;/q;;;;;+1/p-1. The third kappa shape index (κ3) is 6.52. The van der Waals surface area contributed by atoms with Crippen LogP contribution in [-0.2, 0) is 25.5 Å². The number of amides is 2. The molecule has 4 aromatic rings. The van der Waals surface area contributed by atoms with Crippen LogP contribution in [0.3, 0.4) is 0 Å². The van der Waals surface area contributed by atoms with Crippen molar-refractivity contribution >= 4 is 46.7 Å². The van der Waals surface area contributed by atoms with Gasteiger partial charge in [-0.3, -0.25) is 0 Å². The number of aryl methyl sites for hydroxylation is 4. The van der Waals surface area contributed by atoms with Gasteiger partial charge in [-0.25, -0.2) is 0 Å². The monoisotopic (exact) mass is 927 g/mol. The van der Waals surface area contributed by atoms with Crippen LogP contribution in [0.15, 0.2) is 71.8 Å². The third-order valence-electron chi connectivity index (χ3n) is 12.2. The molecule has 8 heteroatoms. The van der Waals surface area contributed by atoms with E-state index in [2.05, 4.69) is 166 Å². The summed E-state index contributed by atoms with van der Waals surface area (Å²) in [4.78, 5) is 25.3. The Labute approximate surface area is 331 Å². The molecule has 2 N–H and O–H groups in total. The Hall–Kier alpha value is -3.18. The van der Waals surface area contributed by atoms with Gasteiger partial charge in [0, 0.05) is 0 Å². The van der Waals surface area contributed by atoms with Crippen LogP contribution in [0.25, 0.3) is 34.4 Å². The van der Waals surface area contributed by atoms with Crippen molar-refractivity contribution in [1.82, 2.24) is 10.5 Å². The average molecular weight is 927 g/mol. The Morgan fingerprint density at radius 2 is 0.963 bits per heavy atom. The number of benzene rings is 4. The van der Waals surface area contributed by atoms with Crippen LogP contribution in [0.1, 0.15) is 105 Å². The first-order chi connectivity index (χ1) is 25.1. The molecular formula is C46H54BCl2HfN2O2. The van der Waals surface area contributed by atoms with Gasteiger partial charge in [0.1, 0.15) is 0 Å². The summed E-state index contributed by atoms with van der Waals surface area (Å²) < 4.78 is -1.89. The van der Waals surface area contributed by atoms with E-state index < -0.39 is 27.8 Å². The molecule has 0 aromatic heterocycles. The summed E-state index contributed by atoms with van der Waals surface area (Å²) in [5.74, 6) is 0. The van der Waals surface area contributed by atoms with E-state index in [1.54, 1.807) is 0 Å². The molecule has 2 amide bonds. The molecule has 6 rings (SSSR count). The number of hydrogen-bond acceptors (Lipinski definition) is 2. The van der Waals surface area contributed by atoms with Crippen molar-refractivity contribution in [2.24, 2.45) is 10.8 Å². The van der Waals surface area contributed by atoms with Gasteiger partial charge >= 0.3 is 334 Å². The number of carbonyl (C=O) groups is 2. The molecule has 0 saturated heterocycles. The van der Waals surface area contributed by atoms with Gasteiger partial charge in [-0.2, -0.15) is 0 Å². The van der Waals surface area contributed by atoms with Crippen LogP contribution in [0.4, 0.5) is 0 Å². The predicted octanol–water partition coefficient (Wildman–Crippen LogP) is 12.0. The molecule has 0 bridgehead atoms. The molecule has 0 fully saturated rings. The van der Waals surface area contributed by atoms with Crippen molar-refractivity contribution in [3.05, 3.63) is 127 Å². The van der Waals surface area contributed by atoms with Crippen LogP contribution >= 0.6 is 17.2 Å². The maximum absolute atomic E-state index is 12.7. The van der Waals surface area contributed by atoms with Crippen LogP contribution in [-0.4, -0.2) is 17.4 Å². The summed E-state index contributed by atoms with van der Waals surface area (Å²) in [7, 11) is 17.6. The second-order valence-corrected chi connectivity index (χ2v) is 48.3. The number of hydrogen-bond donors (Lipinski definition) is 2. The van der Waals surface area contributed by atoms with E-state index in [1.165, 1.54) is 44.5 Å². The van der Waals surface area contributed by atoms with Crippen molar-refractivity contribution in [2.75, 3.05) is 0 Å². The Kier molecular flexibility index (Phi) is 10.6. The number of fused-ring (bicyclic) bond motifs is 2. The summed E-state index contributed by atoms with van der Waals surface area (Å²) in [6.45, 7) is 26.2. The van der Waals surface area contributed by atoms with E-state index in [0.717, 1.165) is 44.5 Å². The molecule has 2 aliphatic rings. The summed E-state index contributed by atoms with van der Waals surface area (Å²) >= 11 is -6.20. The number of halogens is 2. The first-order valence-corrected chi connectivity index (χ1v) is 34.1. The molecule has 0 spiro atoms. The molecule has 0 saturated carbocycles. The molecule has 2 atom stereocenters. The molecule has 0 aliphatic heterocycles. The Morgan fingerprint density at radius 1 is 0.593 bits per heavy atom. The minimum atomic E-state index is -6.20. The summed E-state index contributed by atoms with van der Waals surface area (Å²) in [5, 5.41) is 6.04. The van der Waals surface area contributed by atoms with Gasteiger partial charge in [-0.15, -0.1) is 0 Å². The zero-order valence-corrected chi connectivity index (χ0v) is 39.0. The Balaban J connectivity index is 1.75. The van der Waals surface area contributed by atoms with Gasteiger partial charge in [0.25, 0.3) is 0 Å². The van der Waals surface area contributed by atoms with Crippen molar-refractivity contribution in [1.29, 1.82) is 0 Å². The van der Waals surface area contributed by atoms with Crippen molar-refractivity contribution in [2.45, 2.75) is 90.4 Å². The fourth-order valence-electron chi connectivity index (χ4n) is 9.40. The van der Waals surface area contributed by atoms with Gasteiger partial charge in [0.2, 0.25) is 0 Å². The number of nitrogens with one attached hydrogen (secondary N) is 2. The predicted molar refractivity (Wildman–Crippen MR) is 228 cm³/mol. The quantitative estimate of drug-likeness (QED) is 0.130. The SMILES string of the molecule is Cc1cc(C)c(C)c(-c2cccc3c2C=C(C(C)(C)C)[CH]3[Hf]([Cl])([Cl])([B](NC=O)NC=O)[CH]2C(C(C)(C)C)=Cc3c(-c4cc(C)cc(C)c4C)cccc32)c1. The molecule has 4 aromatic carbocycles. The van der Waals surface area contributed by atoms with E-state index in [0.29, 0.717) is 12.8 Å². The Bertz CT molecular complexity index is 2120. The van der Waals surface area contributed by atoms with E-state index >= 15 is 0 Å². The summed E-state index contributed by atoms with van der Waals surface area (Å²) in [5.41, 5.74) is 17.7. The molecule has 281 valence electrons. The van der Waals surface area contributed by atoms with E-state index in [1.807, 2.05) is 0 Å². The second kappa shape index (κ2) is 14.1. The van der Waals surface area contributed by atoms with Crippen LogP contribution in [0.2, 0.25) is 0 Å². The Morgan fingerprint density at radius 3 is 1.30 bits per heavy atom. The van der Waals surface area contributed by atoms with Gasteiger partial charge in [-0.1, -0.05) is 0 Å². The molecule has 0 radical (unpaired) electrons. The van der Waals surface area contributed by atoms with Gasteiger partial charge in [0.05, 0.1) is 0 Å². The topological polar surface area (TPSA) is 58.2 Å². The van der Waals surface area contributed by atoms with Crippen LogP contribution in [0.5, 0.6) is 0 Å². The van der Waals surface area contributed by atoms with Crippen molar-refractivity contribution < 1.29 is 25.5 Å². The second-order valence-electron chi connectivity index (χ2n) is 17.9. The van der Waals surface area contributed by atoms with E-state index in [9.17, 15) is 9.59 Å². The molecule has 2 unspecified atom stereocenters. The van der Waals surface area contributed by atoms with Crippen molar-refractivity contribution in [3.63, 3.8) is 0 Å². The molecule has 2 aliphatic carbocycles. The van der Waals surface area contributed by atoms with Crippen LogP contribution < -0.4 is 10.5 Å². The number of rotatable bonds is 9. The minimum absolute atomic E-state index is 0.363. The first-order valence-electron chi connectivity index (χ1n) is 19.0. The number of carbonyl (C=O) groups excluding carboxylic acids is 2. The molecule has 4 nitrogen and oxygen atoms in total. The fourth-order valence-corrected chi connectivity index (χ4v) is 39.6.